The summed E-state index contributed by atoms with van der Waals surface area (Å²) in [6, 6.07) is 29.0. The van der Waals surface area contributed by atoms with Crippen LogP contribution in [0.3, 0.4) is 0 Å². The second kappa shape index (κ2) is 9.55. The number of methoxy groups -OCH3 is 1. The van der Waals surface area contributed by atoms with Crippen LogP contribution in [0.4, 0.5) is 0 Å². The average molecular weight is 440 g/mol. The molecule has 162 valence electrons. The van der Waals surface area contributed by atoms with Gasteiger partial charge < -0.3 is 9.47 Å². The van der Waals surface area contributed by atoms with E-state index in [-0.39, 0.29) is 6.54 Å². The zero-order valence-electron chi connectivity index (χ0n) is 17.4. The predicted molar refractivity (Wildman–Crippen MR) is 120 cm³/mol. The van der Waals surface area contributed by atoms with Crippen LogP contribution in [0.25, 0.3) is 0 Å². The van der Waals surface area contributed by atoms with Crippen LogP contribution in [0, 0.1) is 0 Å². The average Bonchev–Trinajstić information content (AvgIpc) is 2.84. The molecule has 3 aromatic rings. The van der Waals surface area contributed by atoms with Crippen LogP contribution >= 0.6 is 8.09 Å². The first-order chi connectivity index (χ1) is 15.1. The first-order valence-electron chi connectivity index (χ1n) is 10.2. The molecular weight excluding hydrogens is 413 g/mol. The van der Waals surface area contributed by atoms with E-state index in [1.807, 2.05) is 91.0 Å². The summed E-state index contributed by atoms with van der Waals surface area (Å²) < 4.78 is 18.8. The van der Waals surface area contributed by atoms with E-state index >= 15 is 0 Å². The van der Waals surface area contributed by atoms with Gasteiger partial charge in [-0.05, 0) is 16.7 Å². The van der Waals surface area contributed by atoms with Crippen molar-refractivity contribution in [2.45, 2.75) is 11.9 Å². The summed E-state index contributed by atoms with van der Waals surface area (Å²) in [7, 11) is -2.48. The molecule has 31 heavy (non-hydrogen) atoms. The molecular formula is C24H27NO5P+. The van der Waals surface area contributed by atoms with Crippen molar-refractivity contribution in [1.29, 1.82) is 0 Å². The summed E-state index contributed by atoms with van der Waals surface area (Å²) in [6.45, 7) is 0.848. The lowest BCUT2D eigenvalue weighted by molar-refractivity contribution is -0.157. The maximum absolute atomic E-state index is 11.3. The number of morpholine rings is 1. The quantitative estimate of drug-likeness (QED) is 0.428. The number of nitrogens with zero attached hydrogens (tertiary/aromatic N) is 1. The molecule has 4 rings (SSSR count). The van der Waals surface area contributed by atoms with Gasteiger partial charge >= 0.3 is 8.09 Å². The molecule has 0 radical (unpaired) electrons. The van der Waals surface area contributed by atoms with Crippen molar-refractivity contribution >= 4 is 8.09 Å². The van der Waals surface area contributed by atoms with E-state index in [0.717, 1.165) is 16.7 Å². The lowest BCUT2D eigenvalue weighted by atomic mass is 9.80. The van der Waals surface area contributed by atoms with Crippen molar-refractivity contribution in [2.24, 2.45) is 0 Å². The largest absolute Gasteiger partial charge is 0.500 e. The number of hydrogen-bond donors (Lipinski definition) is 2. The Morgan fingerprint density at radius 3 is 1.71 bits per heavy atom. The molecule has 1 fully saturated rings. The van der Waals surface area contributed by atoms with Gasteiger partial charge in [-0.25, -0.2) is 0 Å². The normalized spacial score (nSPS) is 18.1. The molecule has 0 saturated carbocycles. The van der Waals surface area contributed by atoms with Crippen LogP contribution in [0.1, 0.15) is 16.7 Å². The molecule has 1 unspecified atom stereocenters. The monoisotopic (exact) mass is 440 g/mol. The van der Waals surface area contributed by atoms with E-state index in [1.165, 1.54) is 11.8 Å². The molecule has 1 aliphatic rings. The molecule has 0 amide bonds. The lowest BCUT2D eigenvalue weighted by Crippen LogP contribution is -2.45. The van der Waals surface area contributed by atoms with Gasteiger partial charge in [0.2, 0.25) is 0 Å². The highest BCUT2D eigenvalue weighted by Gasteiger charge is 2.56. The fourth-order valence-electron chi connectivity index (χ4n) is 3.90. The third-order valence-corrected chi connectivity index (χ3v) is 7.06. The molecule has 6 nitrogen and oxygen atoms in total. The standard InChI is InChI=1S/C24H27NO5P/c1-28-23-19-25(17-18-29-23)31(26,27)30-24(20-11-5-2-6-12-20,21-13-7-3-8-14-21)22-15-9-4-10-16-22/h2-16,23,26-27H,17-19H2,1H3/q+1. The Morgan fingerprint density at radius 2 is 1.29 bits per heavy atom. The van der Waals surface area contributed by atoms with Gasteiger partial charge in [0.05, 0.1) is 19.7 Å². The first-order valence-corrected chi connectivity index (χ1v) is 11.7. The highest BCUT2D eigenvalue weighted by molar-refractivity contribution is 7.57. The second-order valence-electron chi connectivity index (χ2n) is 7.33. The summed E-state index contributed by atoms with van der Waals surface area (Å²) >= 11 is 0. The van der Waals surface area contributed by atoms with E-state index in [2.05, 4.69) is 0 Å². The van der Waals surface area contributed by atoms with Crippen molar-refractivity contribution in [3.8, 4) is 0 Å². The molecule has 0 aliphatic carbocycles. The molecule has 0 aromatic heterocycles. The molecule has 1 heterocycles. The Balaban J connectivity index is 1.86. The second-order valence-corrected chi connectivity index (χ2v) is 9.11. The van der Waals surface area contributed by atoms with Gasteiger partial charge in [0.25, 0.3) is 0 Å². The summed E-state index contributed by atoms with van der Waals surface area (Å²) in [5.74, 6) is 0. The number of rotatable bonds is 7. The Hall–Kier alpha value is -2.15. The molecule has 2 N–H and O–H groups in total. The molecule has 1 aliphatic heterocycles. The van der Waals surface area contributed by atoms with Crippen LogP contribution in [0.5, 0.6) is 0 Å². The minimum absolute atomic E-state index is 0.200. The van der Waals surface area contributed by atoms with Crippen LogP contribution in [-0.4, -0.2) is 47.6 Å². The van der Waals surface area contributed by atoms with E-state index < -0.39 is 20.0 Å². The maximum Gasteiger partial charge on any atom is 0.500 e. The molecule has 1 saturated heterocycles. The Labute approximate surface area is 183 Å². The Kier molecular flexibility index (Phi) is 6.80. The summed E-state index contributed by atoms with van der Waals surface area (Å²) in [6.07, 6.45) is -0.546. The van der Waals surface area contributed by atoms with Crippen molar-refractivity contribution in [2.75, 3.05) is 26.8 Å². The maximum atomic E-state index is 11.3. The zero-order valence-corrected chi connectivity index (χ0v) is 18.3. The third kappa shape index (κ3) is 4.56. The Morgan fingerprint density at radius 1 is 0.839 bits per heavy atom. The fourth-order valence-corrected chi connectivity index (χ4v) is 5.39. The third-order valence-electron chi connectivity index (χ3n) is 5.44. The van der Waals surface area contributed by atoms with Crippen LogP contribution in [-0.2, 0) is 19.6 Å². The predicted octanol–water partition coefficient (Wildman–Crippen LogP) is 3.96. The van der Waals surface area contributed by atoms with Crippen molar-refractivity contribution in [1.82, 2.24) is 4.67 Å². The minimum atomic E-state index is -4.01. The van der Waals surface area contributed by atoms with E-state index in [0.29, 0.717) is 13.2 Å². The van der Waals surface area contributed by atoms with E-state index in [9.17, 15) is 9.79 Å². The lowest BCUT2D eigenvalue weighted by Gasteiger charge is -2.38. The van der Waals surface area contributed by atoms with Gasteiger partial charge in [-0.2, -0.15) is 9.79 Å². The summed E-state index contributed by atoms with van der Waals surface area (Å²) in [4.78, 5) is 22.7. The number of benzene rings is 3. The SMILES string of the molecule is COC1CN([P+](O)(O)OC(c2ccccc2)(c2ccccc2)c2ccccc2)CCO1. The summed E-state index contributed by atoms with van der Waals surface area (Å²) in [5, 5.41) is 0. The van der Waals surface area contributed by atoms with Gasteiger partial charge in [0.15, 0.2) is 11.9 Å². The smallest absolute Gasteiger partial charge is 0.354 e. The molecule has 3 aromatic carbocycles. The van der Waals surface area contributed by atoms with Crippen LogP contribution < -0.4 is 0 Å². The van der Waals surface area contributed by atoms with Gasteiger partial charge in [-0.15, -0.1) is 4.52 Å². The molecule has 1 atom stereocenters. The van der Waals surface area contributed by atoms with Crippen LogP contribution in [0.15, 0.2) is 91.0 Å². The highest BCUT2D eigenvalue weighted by atomic mass is 31.2. The van der Waals surface area contributed by atoms with Crippen molar-refractivity contribution < 1.29 is 23.8 Å². The van der Waals surface area contributed by atoms with Gasteiger partial charge in [0.1, 0.15) is 0 Å². The fraction of sp³-hybridized carbons (Fsp3) is 0.250. The van der Waals surface area contributed by atoms with Gasteiger partial charge in [-0.1, -0.05) is 95.7 Å². The minimum Gasteiger partial charge on any atom is -0.354 e. The zero-order chi connectivity index (χ0) is 21.7. The Bertz CT molecular complexity index is 859. The summed E-state index contributed by atoms with van der Waals surface area (Å²) in [5.41, 5.74) is 1.19. The van der Waals surface area contributed by atoms with Crippen molar-refractivity contribution in [3.63, 3.8) is 0 Å². The highest BCUT2D eigenvalue weighted by Crippen LogP contribution is 2.62. The van der Waals surface area contributed by atoms with Gasteiger partial charge in [-0.3, -0.25) is 0 Å². The first kappa shape index (κ1) is 22.1. The topological polar surface area (TPSA) is 71.4 Å². The van der Waals surface area contributed by atoms with Crippen molar-refractivity contribution in [3.05, 3.63) is 108 Å². The van der Waals surface area contributed by atoms with E-state index in [4.69, 9.17) is 14.0 Å². The molecule has 7 heteroatoms. The van der Waals surface area contributed by atoms with Crippen LogP contribution in [0.2, 0.25) is 0 Å². The molecule has 0 bridgehead atoms. The number of ether oxygens (including phenoxy) is 2. The number of hydrogen-bond acceptors (Lipinski definition) is 6. The van der Waals surface area contributed by atoms with E-state index in [1.54, 1.807) is 0 Å². The van der Waals surface area contributed by atoms with Gasteiger partial charge in [0, 0.05) is 7.11 Å². The molecule has 0 spiro atoms.